The van der Waals surface area contributed by atoms with Crippen LogP contribution in [0.15, 0.2) is 6.07 Å². The number of rotatable bonds is 5. The second-order valence-electron chi connectivity index (χ2n) is 7.19. The molecule has 0 spiro atoms. The molecule has 0 radical (unpaired) electrons. The Labute approximate surface area is 144 Å². The lowest BCUT2D eigenvalue weighted by Gasteiger charge is -2.13. The second kappa shape index (κ2) is 7.28. The molecule has 2 aromatic heterocycles. The quantitative estimate of drug-likeness (QED) is 0.907. The molecule has 0 bridgehead atoms. The first-order valence-corrected chi connectivity index (χ1v) is 9.08. The van der Waals surface area contributed by atoms with Gasteiger partial charge in [0.2, 0.25) is 0 Å². The molecule has 0 amide bonds. The molecule has 0 saturated carbocycles. The second-order valence-corrected chi connectivity index (χ2v) is 7.19. The van der Waals surface area contributed by atoms with Gasteiger partial charge in [0.25, 0.3) is 0 Å². The monoisotopic (exact) mass is 328 g/mol. The summed E-state index contributed by atoms with van der Waals surface area (Å²) in [5, 5.41) is 12.2. The maximum Gasteiger partial charge on any atom is 0.152 e. The SMILES string of the molecule is CC(C)c1cc(NCc2nnc3n2CCCCC3)nc(C(C)C)n1. The first-order chi connectivity index (χ1) is 11.5. The highest BCUT2D eigenvalue weighted by molar-refractivity contribution is 5.37. The van der Waals surface area contributed by atoms with Crippen molar-refractivity contribution in [2.75, 3.05) is 5.32 Å². The van der Waals surface area contributed by atoms with Crippen LogP contribution in [0.1, 0.15) is 82.0 Å². The molecule has 2 aromatic rings. The summed E-state index contributed by atoms with van der Waals surface area (Å²) in [6.07, 6.45) is 4.74. The minimum Gasteiger partial charge on any atom is -0.363 e. The highest BCUT2D eigenvalue weighted by Crippen LogP contribution is 2.20. The summed E-state index contributed by atoms with van der Waals surface area (Å²) in [7, 11) is 0. The summed E-state index contributed by atoms with van der Waals surface area (Å²) < 4.78 is 2.27. The number of aryl methyl sites for hydroxylation is 1. The van der Waals surface area contributed by atoms with E-state index in [1.807, 2.05) is 0 Å². The Morgan fingerprint density at radius 2 is 1.88 bits per heavy atom. The number of hydrogen-bond acceptors (Lipinski definition) is 5. The highest BCUT2D eigenvalue weighted by Gasteiger charge is 2.15. The molecule has 0 fully saturated rings. The number of aromatic nitrogens is 5. The summed E-state index contributed by atoms with van der Waals surface area (Å²) >= 11 is 0. The molecular formula is C18H28N6. The Bertz CT molecular complexity index is 663. The van der Waals surface area contributed by atoms with Gasteiger partial charge in [-0.2, -0.15) is 0 Å². The van der Waals surface area contributed by atoms with Crippen LogP contribution >= 0.6 is 0 Å². The molecule has 3 rings (SSSR count). The van der Waals surface area contributed by atoms with E-state index in [4.69, 9.17) is 0 Å². The van der Waals surface area contributed by atoms with Crippen molar-refractivity contribution in [2.24, 2.45) is 0 Å². The van der Waals surface area contributed by atoms with Crippen LogP contribution in [0.25, 0.3) is 0 Å². The maximum absolute atomic E-state index is 4.68. The van der Waals surface area contributed by atoms with E-state index in [9.17, 15) is 0 Å². The Morgan fingerprint density at radius 1 is 1.04 bits per heavy atom. The summed E-state index contributed by atoms with van der Waals surface area (Å²) in [4.78, 5) is 9.34. The number of hydrogen-bond donors (Lipinski definition) is 1. The summed E-state index contributed by atoms with van der Waals surface area (Å²) in [5.74, 6) is 4.59. The lowest BCUT2D eigenvalue weighted by Crippen LogP contribution is -2.12. The molecule has 1 aliphatic rings. The molecular weight excluding hydrogens is 300 g/mol. The lowest BCUT2D eigenvalue weighted by atomic mass is 10.1. The van der Waals surface area contributed by atoms with Crippen molar-refractivity contribution >= 4 is 5.82 Å². The van der Waals surface area contributed by atoms with E-state index in [-0.39, 0.29) is 0 Å². The van der Waals surface area contributed by atoms with Gasteiger partial charge in [0.1, 0.15) is 17.5 Å². The smallest absolute Gasteiger partial charge is 0.152 e. The fourth-order valence-electron chi connectivity index (χ4n) is 2.98. The Hall–Kier alpha value is -1.98. The third kappa shape index (κ3) is 3.74. The van der Waals surface area contributed by atoms with Crippen molar-refractivity contribution in [1.82, 2.24) is 24.7 Å². The topological polar surface area (TPSA) is 68.5 Å². The maximum atomic E-state index is 4.68. The molecule has 1 N–H and O–H groups in total. The first kappa shape index (κ1) is 16.9. The molecule has 0 unspecified atom stereocenters. The number of nitrogens with zero attached hydrogens (tertiary/aromatic N) is 5. The van der Waals surface area contributed by atoms with E-state index in [2.05, 4.69) is 63.8 Å². The van der Waals surface area contributed by atoms with Gasteiger partial charge < -0.3 is 9.88 Å². The zero-order valence-electron chi connectivity index (χ0n) is 15.2. The standard InChI is InChI=1S/C18H28N6/c1-12(2)14-10-15(21-18(20-14)13(3)4)19-11-17-23-22-16-8-6-5-7-9-24(16)17/h10,12-13H,5-9,11H2,1-4H3,(H,19,20,21). The zero-order valence-corrected chi connectivity index (χ0v) is 15.2. The number of nitrogens with one attached hydrogen (secondary N) is 1. The van der Waals surface area contributed by atoms with E-state index in [0.717, 1.165) is 42.0 Å². The van der Waals surface area contributed by atoms with Gasteiger partial charge in [0.15, 0.2) is 5.82 Å². The van der Waals surface area contributed by atoms with Crippen LogP contribution in [-0.4, -0.2) is 24.7 Å². The van der Waals surface area contributed by atoms with Crippen LogP contribution in [0.4, 0.5) is 5.82 Å². The summed E-state index contributed by atoms with van der Waals surface area (Å²) in [6.45, 7) is 10.3. The van der Waals surface area contributed by atoms with E-state index in [1.54, 1.807) is 0 Å². The van der Waals surface area contributed by atoms with Gasteiger partial charge in [-0.3, -0.25) is 0 Å². The Kier molecular flexibility index (Phi) is 5.11. The van der Waals surface area contributed by atoms with Crippen LogP contribution in [0, 0.1) is 0 Å². The third-order valence-corrected chi connectivity index (χ3v) is 4.48. The molecule has 6 nitrogen and oxygen atoms in total. The van der Waals surface area contributed by atoms with Gasteiger partial charge in [0, 0.05) is 30.6 Å². The van der Waals surface area contributed by atoms with Gasteiger partial charge in [-0.15, -0.1) is 10.2 Å². The van der Waals surface area contributed by atoms with Gasteiger partial charge in [-0.25, -0.2) is 9.97 Å². The predicted octanol–water partition coefficient (Wildman–Crippen LogP) is 3.65. The first-order valence-electron chi connectivity index (χ1n) is 9.08. The van der Waals surface area contributed by atoms with Crippen molar-refractivity contribution < 1.29 is 0 Å². The average molecular weight is 328 g/mol. The molecule has 0 atom stereocenters. The van der Waals surface area contributed by atoms with Gasteiger partial charge in [-0.05, 0) is 18.8 Å². The van der Waals surface area contributed by atoms with Crippen molar-refractivity contribution in [2.45, 2.75) is 78.3 Å². The van der Waals surface area contributed by atoms with Crippen molar-refractivity contribution in [3.63, 3.8) is 0 Å². The molecule has 6 heteroatoms. The van der Waals surface area contributed by atoms with E-state index >= 15 is 0 Å². The fourth-order valence-corrected chi connectivity index (χ4v) is 2.98. The lowest BCUT2D eigenvalue weighted by molar-refractivity contribution is 0.609. The molecule has 0 aliphatic carbocycles. The minimum atomic E-state index is 0.314. The molecule has 1 aliphatic heterocycles. The molecule has 3 heterocycles. The van der Waals surface area contributed by atoms with Crippen LogP contribution in [0.2, 0.25) is 0 Å². The number of anilines is 1. The minimum absolute atomic E-state index is 0.314. The van der Waals surface area contributed by atoms with Gasteiger partial charge in [0.05, 0.1) is 6.54 Å². The fraction of sp³-hybridized carbons (Fsp3) is 0.667. The van der Waals surface area contributed by atoms with Crippen LogP contribution in [-0.2, 0) is 19.5 Å². The van der Waals surface area contributed by atoms with Gasteiger partial charge >= 0.3 is 0 Å². The number of fused-ring (bicyclic) bond motifs is 1. The van der Waals surface area contributed by atoms with Crippen molar-refractivity contribution in [3.8, 4) is 0 Å². The van der Waals surface area contributed by atoms with Crippen LogP contribution in [0.5, 0.6) is 0 Å². The molecule has 130 valence electrons. The average Bonchev–Trinajstić information content (AvgIpc) is 2.79. The van der Waals surface area contributed by atoms with Crippen molar-refractivity contribution in [3.05, 3.63) is 29.2 Å². The Morgan fingerprint density at radius 3 is 2.62 bits per heavy atom. The predicted molar refractivity (Wildman–Crippen MR) is 95.1 cm³/mol. The van der Waals surface area contributed by atoms with Crippen molar-refractivity contribution in [1.29, 1.82) is 0 Å². The van der Waals surface area contributed by atoms with Gasteiger partial charge in [-0.1, -0.05) is 34.1 Å². The summed E-state index contributed by atoms with van der Waals surface area (Å²) in [5.41, 5.74) is 1.08. The largest absolute Gasteiger partial charge is 0.363 e. The van der Waals surface area contributed by atoms with E-state index in [0.29, 0.717) is 18.4 Å². The van der Waals surface area contributed by atoms with Crippen LogP contribution in [0.3, 0.4) is 0 Å². The van der Waals surface area contributed by atoms with E-state index < -0.39 is 0 Å². The molecule has 24 heavy (non-hydrogen) atoms. The Balaban J connectivity index is 1.78. The normalized spacial score (nSPS) is 14.8. The summed E-state index contributed by atoms with van der Waals surface area (Å²) in [6, 6.07) is 2.05. The molecule has 0 aromatic carbocycles. The van der Waals surface area contributed by atoms with Crippen LogP contribution < -0.4 is 5.32 Å². The zero-order chi connectivity index (χ0) is 17.1. The molecule has 0 saturated heterocycles. The highest BCUT2D eigenvalue weighted by atomic mass is 15.3. The van der Waals surface area contributed by atoms with E-state index in [1.165, 1.54) is 19.3 Å². The third-order valence-electron chi connectivity index (χ3n) is 4.48.